The van der Waals surface area contributed by atoms with Crippen LogP contribution in [-0.2, 0) is 43.9 Å². The number of hydrogen-bond acceptors (Lipinski definition) is 18. The topological polar surface area (TPSA) is 292 Å². The Balaban J connectivity index is 1.21. The van der Waals surface area contributed by atoms with Gasteiger partial charge in [-0.3, -0.25) is 27.9 Å². The minimum absolute atomic E-state index is 0.0310. The molecule has 3 aliphatic rings. The normalized spacial score (nSPS) is 37.7. The third kappa shape index (κ3) is 5.56. The summed E-state index contributed by atoms with van der Waals surface area (Å²) in [5.41, 5.74) is 11.4. The number of aliphatic hydroxyl groups is 2. The van der Waals surface area contributed by atoms with E-state index in [4.69, 9.17) is 50.8 Å². The minimum atomic E-state index is -4.37. The maximum Gasteiger partial charge on any atom is 0.386 e. The van der Waals surface area contributed by atoms with Crippen molar-refractivity contribution in [3.8, 4) is 0 Å². The molecule has 21 nitrogen and oxygen atoms in total. The second-order valence-corrected chi connectivity index (χ2v) is 15.8. The van der Waals surface area contributed by atoms with Gasteiger partial charge in [-0.2, -0.15) is 10.1 Å². The first-order valence-corrected chi connectivity index (χ1v) is 18.2. The highest BCUT2D eigenvalue weighted by molar-refractivity contribution is 8.44. The molecule has 0 amide bonds. The van der Waals surface area contributed by atoms with Crippen molar-refractivity contribution in [2.75, 3.05) is 24.7 Å². The summed E-state index contributed by atoms with van der Waals surface area (Å²) in [4.78, 5) is 42.0. The van der Waals surface area contributed by atoms with Crippen LogP contribution >= 0.6 is 25.8 Å². The summed E-state index contributed by atoms with van der Waals surface area (Å²) in [6.07, 6.45) is -7.37. The number of fused-ring (bicyclic) bond motifs is 5. The molecule has 3 saturated heterocycles. The number of nitrogens with zero attached hydrogens (tertiary/aromatic N) is 7. The summed E-state index contributed by atoms with van der Waals surface area (Å²) < 4.78 is 50.3. The van der Waals surface area contributed by atoms with Crippen LogP contribution in [0.3, 0.4) is 0 Å². The number of rotatable bonds is 2. The minimum Gasteiger partial charge on any atom is -0.387 e. The van der Waals surface area contributed by atoms with Crippen molar-refractivity contribution in [3.63, 3.8) is 0 Å². The van der Waals surface area contributed by atoms with E-state index in [9.17, 15) is 24.5 Å². The molecule has 0 saturated carbocycles. The van der Waals surface area contributed by atoms with Gasteiger partial charge < -0.3 is 40.6 Å². The number of thiol groups is 1. The van der Waals surface area contributed by atoms with Crippen molar-refractivity contribution in [3.05, 3.63) is 29.2 Å². The fraction of sp³-hybridized carbons (Fsp3) is 0.500. The monoisotopic (exact) mass is 706 g/mol. The average Bonchev–Trinajstić information content (AvgIpc) is 3.72. The average molecular weight is 707 g/mol. The van der Waals surface area contributed by atoms with E-state index in [-0.39, 0.29) is 34.0 Å². The molecule has 4 unspecified atom stereocenters. The van der Waals surface area contributed by atoms with Crippen LogP contribution in [0, 0.1) is 0 Å². The van der Waals surface area contributed by atoms with Crippen LogP contribution in [0.4, 0.5) is 11.8 Å². The van der Waals surface area contributed by atoms with Crippen molar-refractivity contribution >= 4 is 71.5 Å². The van der Waals surface area contributed by atoms with Crippen LogP contribution in [0.5, 0.6) is 0 Å². The quantitative estimate of drug-likeness (QED) is 0.0942. The highest BCUT2D eigenvalue weighted by Gasteiger charge is 2.53. The second-order valence-electron chi connectivity index (χ2n) is 10.1. The number of nitrogen functional groups attached to an aromatic ring is 2. The molecule has 0 spiro atoms. The molecule has 3 fully saturated rings. The molecule has 2 bridgehead atoms. The Morgan fingerprint density at radius 1 is 1.02 bits per heavy atom. The van der Waals surface area contributed by atoms with Crippen LogP contribution in [0.25, 0.3) is 22.2 Å². The van der Waals surface area contributed by atoms with Gasteiger partial charge >= 0.3 is 13.5 Å². The van der Waals surface area contributed by atoms with Gasteiger partial charge in [-0.25, -0.2) is 24.2 Å². The standard InChI is InChI=1S/C20H24N10O11P2S2/c21-14-9-16(24-4-23-14)29(5-25-9)18-11(32)12-8(39-18)3-37-43(35,45)41-13-10(31)7(2-36-42(34,44)40-12)38-19(13)30-15-6(1-26-30)17(33)28-20(22)27-15/h1,4-5,7-8,10-13,18-19,31-32H,2-3H2,(H,34,44)(H,35,45)(H2,21,23,24)(H3,22,27,28,33)/t7-,8-,10?,11+,12?,13+,18-,19-,42?,43?/m1/s1. The van der Waals surface area contributed by atoms with Gasteiger partial charge in [0.25, 0.3) is 5.56 Å². The molecule has 242 valence electrons. The number of anilines is 2. The lowest BCUT2D eigenvalue weighted by Crippen LogP contribution is -2.36. The first-order valence-electron chi connectivity index (χ1n) is 13.0. The van der Waals surface area contributed by atoms with Gasteiger partial charge in [0.15, 0.2) is 29.6 Å². The van der Waals surface area contributed by atoms with E-state index in [1.54, 1.807) is 0 Å². The maximum absolute atomic E-state index is 13.5. The molecular weight excluding hydrogens is 682 g/mol. The number of aromatic nitrogens is 8. The highest BCUT2D eigenvalue weighted by Crippen LogP contribution is 2.58. The van der Waals surface area contributed by atoms with E-state index >= 15 is 0 Å². The largest absolute Gasteiger partial charge is 0.387 e. The maximum atomic E-state index is 13.5. The van der Waals surface area contributed by atoms with E-state index in [2.05, 4.69) is 42.3 Å². The number of nitrogens with one attached hydrogen (secondary N) is 1. The highest BCUT2D eigenvalue weighted by atomic mass is 32.7. The summed E-state index contributed by atoms with van der Waals surface area (Å²) in [7, 11) is 0. The van der Waals surface area contributed by atoms with Crippen LogP contribution in [-0.4, -0.2) is 104 Å². The fourth-order valence-corrected chi connectivity index (χ4v) is 8.18. The summed E-state index contributed by atoms with van der Waals surface area (Å²) in [5, 5.41) is 26.6. The molecular formula is C20H24N10O11P2S2. The molecule has 3 aliphatic heterocycles. The van der Waals surface area contributed by atoms with Crippen molar-refractivity contribution < 1.29 is 47.2 Å². The molecule has 7 rings (SSSR count). The van der Waals surface area contributed by atoms with E-state index in [0.29, 0.717) is 0 Å². The SMILES string of the molecule is Nc1nc2c(cnn2[C@@H]2O[C@@H]3COP(O)(=S)OC4[C@@H](COP(=O)(S)O[C@H]2C3O)O[C@@H](n2cnc3c(N)ncnc32)[C@H]4O)c(=O)[nH]1. The molecule has 0 aromatic carbocycles. The smallest absolute Gasteiger partial charge is 0.386 e. The molecule has 10 atom stereocenters. The molecule has 8 N–H and O–H groups in total. The molecule has 45 heavy (non-hydrogen) atoms. The van der Waals surface area contributed by atoms with Crippen LogP contribution in [0.15, 0.2) is 23.6 Å². The van der Waals surface area contributed by atoms with Gasteiger partial charge in [0.05, 0.1) is 25.7 Å². The van der Waals surface area contributed by atoms with Gasteiger partial charge in [0.1, 0.15) is 53.9 Å². The molecule has 7 heterocycles. The number of ether oxygens (including phenoxy) is 2. The Kier molecular flexibility index (Phi) is 7.76. The number of imidazole rings is 1. The second kappa shape index (κ2) is 11.3. The number of hydrogen-bond donors (Lipinski definition) is 7. The summed E-state index contributed by atoms with van der Waals surface area (Å²) >= 11 is 9.28. The zero-order valence-corrected chi connectivity index (χ0v) is 25.9. The number of aliphatic hydroxyl groups excluding tert-OH is 2. The van der Waals surface area contributed by atoms with Gasteiger partial charge in [0, 0.05) is 0 Å². The Bertz CT molecular complexity index is 1940. The van der Waals surface area contributed by atoms with Gasteiger partial charge in [-0.1, -0.05) is 12.2 Å². The van der Waals surface area contributed by atoms with E-state index < -0.39 is 81.4 Å². The van der Waals surface area contributed by atoms with Crippen molar-refractivity contribution in [1.82, 2.24) is 39.3 Å². The number of aromatic amines is 1. The first-order chi connectivity index (χ1) is 21.3. The van der Waals surface area contributed by atoms with Gasteiger partial charge in [-0.15, -0.1) is 0 Å². The van der Waals surface area contributed by atoms with Gasteiger partial charge in [0.2, 0.25) is 5.95 Å². The van der Waals surface area contributed by atoms with E-state index in [1.807, 2.05) is 0 Å². The molecule has 4 aromatic heterocycles. The number of H-pyrrole nitrogens is 1. The molecule has 4 aromatic rings. The van der Waals surface area contributed by atoms with Crippen molar-refractivity contribution in [2.24, 2.45) is 0 Å². The van der Waals surface area contributed by atoms with Crippen molar-refractivity contribution in [1.29, 1.82) is 0 Å². The lowest BCUT2D eigenvalue weighted by Gasteiger charge is -2.27. The Hall–Kier alpha value is -2.63. The van der Waals surface area contributed by atoms with E-state index in [1.165, 1.54) is 23.4 Å². The van der Waals surface area contributed by atoms with Crippen LogP contribution in [0.1, 0.15) is 12.5 Å². The lowest BCUT2D eigenvalue weighted by molar-refractivity contribution is -0.0621. The van der Waals surface area contributed by atoms with Crippen LogP contribution in [0.2, 0.25) is 0 Å². The Labute approximate surface area is 260 Å². The Morgan fingerprint density at radius 2 is 1.78 bits per heavy atom. The molecule has 0 radical (unpaired) electrons. The molecule has 0 aliphatic carbocycles. The summed E-state index contributed by atoms with van der Waals surface area (Å²) in [6, 6.07) is 0. The van der Waals surface area contributed by atoms with E-state index in [0.717, 1.165) is 4.68 Å². The van der Waals surface area contributed by atoms with Crippen molar-refractivity contribution in [2.45, 2.75) is 49.1 Å². The zero-order valence-electron chi connectivity index (χ0n) is 22.4. The third-order valence-corrected chi connectivity index (χ3v) is 10.5. The first kappa shape index (κ1) is 31.0. The predicted octanol–water partition coefficient (Wildman–Crippen LogP) is -1.29. The predicted molar refractivity (Wildman–Crippen MR) is 157 cm³/mol. The number of nitrogens with two attached hydrogens (primary N) is 2. The summed E-state index contributed by atoms with van der Waals surface area (Å²) in [5.74, 6) is -0.132. The molecule has 25 heteroatoms. The van der Waals surface area contributed by atoms with Crippen LogP contribution < -0.4 is 17.0 Å². The fourth-order valence-electron chi connectivity index (χ4n) is 5.28. The van der Waals surface area contributed by atoms with Gasteiger partial charge in [-0.05, 0) is 11.8 Å². The lowest BCUT2D eigenvalue weighted by atomic mass is 10.1. The zero-order chi connectivity index (χ0) is 31.8. The Morgan fingerprint density at radius 3 is 2.58 bits per heavy atom. The third-order valence-electron chi connectivity index (χ3n) is 7.32. The summed E-state index contributed by atoms with van der Waals surface area (Å²) in [6.45, 7) is -9.70.